The highest BCUT2D eigenvalue weighted by Gasteiger charge is 2.22. The molecule has 0 aliphatic carbocycles. The molecule has 0 saturated carbocycles. The summed E-state index contributed by atoms with van der Waals surface area (Å²) in [5, 5.41) is 0. The third kappa shape index (κ3) is 4.66. The van der Waals surface area contributed by atoms with Crippen LogP contribution in [0.25, 0.3) is 0 Å². The Labute approximate surface area is 119 Å². The molecule has 1 aromatic carbocycles. The van der Waals surface area contributed by atoms with Gasteiger partial charge in [-0.2, -0.15) is 0 Å². The number of carbonyl (C=O) groups is 2. The van der Waals surface area contributed by atoms with Gasteiger partial charge >= 0.3 is 5.97 Å². The fraction of sp³-hybridized carbons (Fsp3) is 0.467. The van der Waals surface area contributed by atoms with Gasteiger partial charge in [-0.05, 0) is 12.5 Å². The Balaban J connectivity index is 2.80. The van der Waals surface area contributed by atoms with Crippen LogP contribution >= 0.6 is 0 Å². The summed E-state index contributed by atoms with van der Waals surface area (Å²) in [6.45, 7) is 2.24. The van der Waals surface area contributed by atoms with E-state index in [1.807, 2.05) is 37.3 Å². The summed E-state index contributed by atoms with van der Waals surface area (Å²) in [5.74, 6) is -0.478. The fourth-order valence-corrected chi connectivity index (χ4v) is 1.97. The molecule has 1 rings (SSSR count). The molecular formula is C15H21NO4. The number of hydrogen-bond donors (Lipinski definition) is 0. The second kappa shape index (κ2) is 8.32. The lowest BCUT2D eigenvalue weighted by Gasteiger charge is -2.29. The van der Waals surface area contributed by atoms with Crippen LogP contribution in [-0.4, -0.2) is 44.1 Å². The predicted octanol–water partition coefficient (Wildman–Crippen LogP) is 1.79. The number of carbonyl (C=O) groups excluding carboxylic acids is 2. The van der Waals surface area contributed by atoms with Gasteiger partial charge in [0.1, 0.15) is 6.61 Å². The number of nitrogens with zero attached hydrogens (tertiary/aromatic N) is 1. The number of amides is 1. The highest BCUT2D eigenvalue weighted by atomic mass is 16.5. The van der Waals surface area contributed by atoms with E-state index in [2.05, 4.69) is 4.74 Å². The van der Waals surface area contributed by atoms with Crippen LogP contribution in [0.1, 0.15) is 24.9 Å². The Hall–Kier alpha value is -1.88. The smallest absolute Gasteiger partial charge is 0.307 e. The molecule has 1 unspecified atom stereocenters. The van der Waals surface area contributed by atoms with Crippen LogP contribution in [-0.2, 0) is 19.1 Å². The second-order valence-electron chi connectivity index (χ2n) is 4.43. The van der Waals surface area contributed by atoms with Gasteiger partial charge in [0.15, 0.2) is 0 Å². The van der Waals surface area contributed by atoms with Gasteiger partial charge in [-0.25, -0.2) is 0 Å². The quantitative estimate of drug-likeness (QED) is 0.714. The number of ether oxygens (including phenoxy) is 2. The molecule has 0 aromatic heterocycles. The van der Waals surface area contributed by atoms with Crippen LogP contribution in [0.4, 0.5) is 0 Å². The van der Waals surface area contributed by atoms with E-state index in [4.69, 9.17) is 4.74 Å². The van der Waals surface area contributed by atoms with E-state index < -0.39 is 0 Å². The molecule has 0 fully saturated rings. The highest BCUT2D eigenvalue weighted by molar-refractivity contribution is 5.78. The molecule has 1 amide bonds. The van der Waals surface area contributed by atoms with Gasteiger partial charge in [0, 0.05) is 13.7 Å². The van der Waals surface area contributed by atoms with E-state index in [-0.39, 0.29) is 30.9 Å². The summed E-state index contributed by atoms with van der Waals surface area (Å²) in [6.07, 6.45) is 0.170. The van der Waals surface area contributed by atoms with Gasteiger partial charge < -0.3 is 14.4 Å². The average Bonchev–Trinajstić information content (AvgIpc) is 2.48. The number of methoxy groups -OCH3 is 2. The van der Waals surface area contributed by atoms with Crippen molar-refractivity contribution in [3.05, 3.63) is 35.9 Å². The number of rotatable bonds is 7. The first-order valence-electron chi connectivity index (χ1n) is 6.50. The summed E-state index contributed by atoms with van der Waals surface area (Å²) >= 11 is 0. The maximum Gasteiger partial charge on any atom is 0.307 e. The zero-order chi connectivity index (χ0) is 15.0. The second-order valence-corrected chi connectivity index (χ2v) is 4.43. The van der Waals surface area contributed by atoms with E-state index in [9.17, 15) is 9.59 Å². The van der Waals surface area contributed by atoms with E-state index in [1.54, 1.807) is 4.90 Å². The van der Waals surface area contributed by atoms with Crippen LogP contribution in [0, 0.1) is 0 Å². The highest BCUT2D eigenvalue weighted by Crippen LogP contribution is 2.20. The zero-order valence-electron chi connectivity index (χ0n) is 12.2. The van der Waals surface area contributed by atoms with Gasteiger partial charge in [0.25, 0.3) is 0 Å². The number of hydrogen-bond acceptors (Lipinski definition) is 4. The molecule has 5 heteroatoms. The molecule has 0 radical (unpaired) electrons. The van der Waals surface area contributed by atoms with Crippen molar-refractivity contribution in [2.24, 2.45) is 0 Å². The summed E-state index contributed by atoms with van der Waals surface area (Å²) in [6, 6.07) is 9.55. The van der Waals surface area contributed by atoms with E-state index in [1.165, 1.54) is 14.2 Å². The monoisotopic (exact) mass is 279 g/mol. The SMILES string of the molecule is COCC(=O)N(CCC(=O)OC)C(C)c1ccccc1. The maximum absolute atomic E-state index is 12.1. The van der Waals surface area contributed by atoms with Crippen molar-refractivity contribution in [3.63, 3.8) is 0 Å². The molecule has 0 bridgehead atoms. The van der Waals surface area contributed by atoms with Gasteiger partial charge in [-0.3, -0.25) is 9.59 Å². The van der Waals surface area contributed by atoms with Crippen LogP contribution in [0.5, 0.6) is 0 Å². The van der Waals surface area contributed by atoms with Crippen molar-refractivity contribution in [1.29, 1.82) is 0 Å². The van der Waals surface area contributed by atoms with Gasteiger partial charge in [-0.15, -0.1) is 0 Å². The summed E-state index contributed by atoms with van der Waals surface area (Å²) in [7, 11) is 2.81. The molecule has 0 N–H and O–H groups in total. The Morgan fingerprint density at radius 3 is 2.40 bits per heavy atom. The maximum atomic E-state index is 12.1. The van der Waals surface area contributed by atoms with Crippen LogP contribution in [0.3, 0.4) is 0 Å². The first-order chi connectivity index (χ1) is 9.60. The minimum Gasteiger partial charge on any atom is -0.469 e. The molecule has 0 aliphatic heterocycles. The van der Waals surface area contributed by atoms with Gasteiger partial charge in [0.2, 0.25) is 5.91 Å². The third-order valence-electron chi connectivity index (χ3n) is 3.12. The zero-order valence-corrected chi connectivity index (χ0v) is 12.2. The van der Waals surface area contributed by atoms with Crippen LogP contribution < -0.4 is 0 Å². The number of benzene rings is 1. The summed E-state index contributed by atoms with van der Waals surface area (Å²) < 4.78 is 9.51. The van der Waals surface area contributed by atoms with Gasteiger partial charge in [0.05, 0.1) is 19.6 Å². The molecule has 1 aromatic rings. The Kier molecular flexibility index (Phi) is 6.73. The average molecular weight is 279 g/mol. The molecule has 1 atom stereocenters. The normalized spacial score (nSPS) is 11.8. The van der Waals surface area contributed by atoms with Crippen molar-refractivity contribution in [1.82, 2.24) is 4.90 Å². The standard InChI is InChI=1S/C15H21NO4/c1-12(13-7-5-4-6-8-13)16(14(17)11-19-2)10-9-15(18)20-3/h4-8,12H,9-11H2,1-3H3. The lowest BCUT2D eigenvalue weighted by atomic mass is 10.1. The summed E-state index contributed by atoms with van der Waals surface area (Å²) in [4.78, 5) is 25.0. The molecule has 20 heavy (non-hydrogen) atoms. The largest absolute Gasteiger partial charge is 0.469 e. The van der Waals surface area contributed by atoms with Crippen molar-refractivity contribution in [3.8, 4) is 0 Å². The minimum absolute atomic E-state index is 0.00164. The van der Waals surface area contributed by atoms with Crippen molar-refractivity contribution >= 4 is 11.9 Å². The first kappa shape index (κ1) is 16.2. The van der Waals surface area contributed by atoms with E-state index >= 15 is 0 Å². The van der Waals surface area contributed by atoms with Crippen molar-refractivity contribution in [2.45, 2.75) is 19.4 Å². The molecule has 0 saturated heterocycles. The first-order valence-corrected chi connectivity index (χ1v) is 6.50. The van der Waals surface area contributed by atoms with Crippen LogP contribution in [0.2, 0.25) is 0 Å². The third-order valence-corrected chi connectivity index (χ3v) is 3.12. The fourth-order valence-electron chi connectivity index (χ4n) is 1.97. The van der Waals surface area contributed by atoms with E-state index in [0.29, 0.717) is 6.54 Å². The van der Waals surface area contributed by atoms with Gasteiger partial charge in [-0.1, -0.05) is 30.3 Å². The molecule has 0 spiro atoms. The topological polar surface area (TPSA) is 55.8 Å². The van der Waals surface area contributed by atoms with Crippen molar-refractivity contribution < 1.29 is 19.1 Å². The minimum atomic E-state index is -0.333. The number of esters is 1. The van der Waals surface area contributed by atoms with Crippen LogP contribution in [0.15, 0.2) is 30.3 Å². The Bertz CT molecular complexity index is 433. The van der Waals surface area contributed by atoms with Crippen molar-refractivity contribution in [2.75, 3.05) is 27.4 Å². The molecule has 110 valence electrons. The lowest BCUT2D eigenvalue weighted by Crippen LogP contribution is -2.37. The molecule has 0 heterocycles. The lowest BCUT2D eigenvalue weighted by molar-refractivity contribution is -0.143. The molecule has 0 aliphatic rings. The van der Waals surface area contributed by atoms with E-state index in [0.717, 1.165) is 5.56 Å². The molecular weight excluding hydrogens is 258 g/mol. The molecule has 5 nitrogen and oxygen atoms in total. The summed E-state index contributed by atoms with van der Waals surface area (Å²) in [5.41, 5.74) is 1.02. The predicted molar refractivity (Wildman–Crippen MR) is 75.1 cm³/mol. The Morgan fingerprint density at radius 1 is 1.20 bits per heavy atom. The Morgan fingerprint density at radius 2 is 1.85 bits per heavy atom.